The Morgan fingerprint density at radius 3 is 2.38 bits per heavy atom. The highest BCUT2D eigenvalue weighted by atomic mass is 16.1. The molecule has 3 nitrogen and oxygen atoms in total. The maximum atomic E-state index is 12.1. The van der Waals surface area contributed by atoms with E-state index in [1.54, 1.807) is 12.3 Å². The molecule has 0 atom stereocenters. The van der Waals surface area contributed by atoms with Crippen LogP contribution in [0.4, 0.5) is 5.69 Å². The fourth-order valence-electron chi connectivity index (χ4n) is 1.93. The van der Waals surface area contributed by atoms with Gasteiger partial charge in [-0.1, -0.05) is 25.0 Å². The van der Waals surface area contributed by atoms with Crippen molar-refractivity contribution in [2.24, 2.45) is 0 Å². The Labute approximate surface area is 126 Å². The molecule has 0 saturated heterocycles. The topological polar surface area (TPSA) is 33.2 Å². The minimum absolute atomic E-state index is 0.0261. The molecular formula is C17H19BN2O. The van der Waals surface area contributed by atoms with E-state index in [2.05, 4.69) is 4.98 Å². The normalized spacial score (nSPS) is 10.6. The molecule has 0 amide bonds. The summed E-state index contributed by atoms with van der Waals surface area (Å²) >= 11 is 0. The molecule has 0 bridgehead atoms. The zero-order valence-electron chi connectivity index (χ0n) is 12.7. The van der Waals surface area contributed by atoms with E-state index in [9.17, 15) is 4.79 Å². The number of carbonyl (C=O) groups is 1. The van der Waals surface area contributed by atoms with Crippen LogP contribution in [0.3, 0.4) is 0 Å². The first-order chi connectivity index (χ1) is 10.1. The first-order valence-electron chi connectivity index (χ1n) is 7.05. The highest BCUT2D eigenvalue weighted by molar-refractivity contribution is 6.50. The molecule has 4 heteroatoms. The average Bonchev–Trinajstić information content (AvgIpc) is 2.53. The maximum Gasteiger partial charge on any atom is 0.187 e. The molecule has 0 fully saturated rings. The van der Waals surface area contributed by atoms with Gasteiger partial charge in [0.15, 0.2) is 13.1 Å². The van der Waals surface area contributed by atoms with Crippen molar-refractivity contribution in [3.63, 3.8) is 0 Å². The van der Waals surface area contributed by atoms with E-state index in [1.807, 2.05) is 68.3 Å². The van der Waals surface area contributed by atoms with Gasteiger partial charge in [-0.3, -0.25) is 9.78 Å². The van der Waals surface area contributed by atoms with Crippen molar-refractivity contribution in [3.05, 3.63) is 59.8 Å². The number of carbonyl (C=O) groups excluding carboxylic acids is 1. The summed E-state index contributed by atoms with van der Waals surface area (Å²) in [7, 11) is 4.88. The standard InChI is InChI=1S/C17H19BN2O/c1-18-17-11-7-14(12-19-17)16(21)10-6-13-4-8-15(9-5-13)20(2)3/h4-12,18H,1-3H3/b10-6+. The van der Waals surface area contributed by atoms with Crippen LogP contribution in [0, 0.1) is 0 Å². The summed E-state index contributed by atoms with van der Waals surface area (Å²) in [4.78, 5) is 18.3. The predicted octanol–water partition coefficient (Wildman–Crippen LogP) is 2.15. The van der Waals surface area contributed by atoms with Crippen molar-refractivity contribution in [1.82, 2.24) is 4.98 Å². The average molecular weight is 278 g/mol. The van der Waals surface area contributed by atoms with Crippen LogP contribution in [0.2, 0.25) is 6.82 Å². The molecule has 1 aromatic carbocycles. The second-order valence-corrected chi connectivity index (χ2v) is 5.08. The number of ketones is 1. The van der Waals surface area contributed by atoms with E-state index in [1.165, 1.54) is 0 Å². The summed E-state index contributed by atoms with van der Waals surface area (Å²) in [5, 5.41) is 0. The predicted molar refractivity (Wildman–Crippen MR) is 91.0 cm³/mol. The summed E-state index contributed by atoms with van der Waals surface area (Å²) in [6.07, 6.45) is 5.06. The Hall–Kier alpha value is -2.36. The summed E-state index contributed by atoms with van der Waals surface area (Å²) in [5.41, 5.74) is 3.76. The van der Waals surface area contributed by atoms with Crippen LogP contribution in [0.15, 0.2) is 48.7 Å². The Kier molecular flexibility index (Phi) is 4.93. The van der Waals surface area contributed by atoms with Crippen LogP contribution in [0.5, 0.6) is 0 Å². The van der Waals surface area contributed by atoms with E-state index in [0.717, 1.165) is 24.1 Å². The van der Waals surface area contributed by atoms with E-state index in [4.69, 9.17) is 0 Å². The van der Waals surface area contributed by atoms with Gasteiger partial charge in [0.25, 0.3) is 0 Å². The fourth-order valence-corrected chi connectivity index (χ4v) is 1.93. The van der Waals surface area contributed by atoms with Gasteiger partial charge in [0.05, 0.1) is 0 Å². The number of hydrogen-bond donors (Lipinski definition) is 0. The molecule has 0 aliphatic rings. The van der Waals surface area contributed by atoms with Gasteiger partial charge in [0.1, 0.15) is 0 Å². The lowest BCUT2D eigenvalue weighted by Gasteiger charge is -2.11. The van der Waals surface area contributed by atoms with Crippen LogP contribution in [-0.4, -0.2) is 32.1 Å². The molecule has 0 radical (unpaired) electrons. The largest absolute Gasteiger partial charge is 0.378 e. The monoisotopic (exact) mass is 278 g/mol. The van der Waals surface area contributed by atoms with Crippen LogP contribution >= 0.6 is 0 Å². The van der Waals surface area contributed by atoms with Gasteiger partial charge in [-0.15, -0.1) is 0 Å². The van der Waals surface area contributed by atoms with Crippen LogP contribution in [0.1, 0.15) is 15.9 Å². The number of aromatic nitrogens is 1. The molecule has 0 spiro atoms. The molecular weight excluding hydrogens is 259 g/mol. The smallest absolute Gasteiger partial charge is 0.187 e. The number of allylic oxidation sites excluding steroid dienone is 1. The third kappa shape index (κ3) is 4.05. The van der Waals surface area contributed by atoms with Gasteiger partial charge < -0.3 is 4.90 Å². The number of hydrogen-bond acceptors (Lipinski definition) is 3. The highest BCUT2D eigenvalue weighted by Gasteiger charge is 2.02. The van der Waals surface area contributed by atoms with Gasteiger partial charge in [-0.2, -0.15) is 0 Å². The molecule has 2 rings (SSSR count). The fraction of sp³-hybridized carbons (Fsp3) is 0.176. The summed E-state index contributed by atoms with van der Waals surface area (Å²) in [6.45, 7) is 2.04. The zero-order valence-corrected chi connectivity index (χ0v) is 12.7. The minimum Gasteiger partial charge on any atom is -0.378 e. The SMILES string of the molecule is CBc1ccc(C(=O)/C=C/c2ccc(N(C)C)cc2)cn1. The molecule has 2 aromatic rings. The first-order valence-corrected chi connectivity index (χ1v) is 7.05. The summed E-state index contributed by atoms with van der Waals surface area (Å²) in [5.74, 6) is -0.0261. The van der Waals surface area contributed by atoms with Gasteiger partial charge in [-0.05, 0) is 41.5 Å². The number of pyridine rings is 1. The molecule has 0 N–H and O–H groups in total. The second kappa shape index (κ2) is 6.89. The Balaban J connectivity index is 2.07. The van der Waals surface area contributed by atoms with Crippen molar-refractivity contribution in [2.75, 3.05) is 19.0 Å². The first kappa shape index (κ1) is 15.0. The summed E-state index contributed by atoms with van der Waals surface area (Å²) < 4.78 is 0. The second-order valence-electron chi connectivity index (χ2n) is 5.08. The van der Waals surface area contributed by atoms with Crippen LogP contribution in [-0.2, 0) is 0 Å². The van der Waals surface area contributed by atoms with Crippen LogP contribution < -0.4 is 10.5 Å². The molecule has 0 aliphatic heterocycles. The Morgan fingerprint density at radius 2 is 1.86 bits per heavy atom. The lowest BCUT2D eigenvalue weighted by atomic mass is 9.77. The Bertz CT molecular complexity index is 631. The number of benzene rings is 1. The minimum atomic E-state index is -0.0261. The van der Waals surface area contributed by atoms with Gasteiger partial charge in [0.2, 0.25) is 0 Å². The van der Waals surface area contributed by atoms with Crippen molar-refractivity contribution in [1.29, 1.82) is 0 Å². The summed E-state index contributed by atoms with van der Waals surface area (Å²) in [6, 6.07) is 11.8. The molecule has 1 aromatic heterocycles. The number of anilines is 1. The number of nitrogens with zero attached hydrogens (tertiary/aromatic N) is 2. The third-order valence-electron chi connectivity index (χ3n) is 3.31. The lowest BCUT2D eigenvalue weighted by Crippen LogP contribution is -2.15. The van der Waals surface area contributed by atoms with E-state index < -0.39 is 0 Å². The van der Waals surface area contributed by atoms with Crippen molar-refractivity contribution >= 4 is 30.4 Å². The molecule has 21 heavy (non-hydrogen) atoms. The molecule has 0 aliphatic carbocycles. The Morgan fingerprint density at radius 1 is 1.14 bits per heavy atom. The van der Waals surface area contributed by atoms with Gasteiger partial charge in [0, 0.05) is 31.5 Å². The van der Waals surface area contributed by atoms with E-state index in [0.29, 0.717) is 5.56 Å². The van der Waals surface area contributed by atoms with Crippen molar-refractivity contribution < 1.29 is 4.79 Å². The molecule has 0 saturated carbocycles. The van der Waals surface area contributed by atoms with Crippen LogP contribution in [0.25, 0.3) is 6.08 Å². The molecule has 106 valence electrons. The third-order valence-corrected chi connectivity index (χ3v) is 3.31. The molecule has 0 unspecified atom stereocenters. The van der Waals surface area contributed by atoms with Gasteiger partial charge >= 0.3 is 0 Å². The zero-order chi connectivity index (χ0) is 15.2. The highest BCUT2D eigenvalue weighted by Crippen LogP contribution is 2.13. The quantitative estimate of drug-likeness (QED) is 0.477. The number of rotatable bonds is 5. The van der Waals surface area contributed by atoms with E-state index in [-0.39, 0.29) is 5.78 Å². The maximum absolute atomic E-state index is 12.1. The van der Waals surface area contributed by atoms with Crippen molar-refractivity contribution in [2.45, 2.75) is 6.82 Å². The lowest BCUT2D eigenvalue weighted by molar-refractivity contribution is 0.104. The van der Waals surface area contributed by atoms with E-state index >= 15 is 0 Å². The van der Waals surface area contributed by atoms with Crippen molar-refractivity contribution in [3.8, 4) is 0 Å². The van der Waals surface area contributed by atoms with Gasteiger partial charge in [-0.25, -0.2) is 0 Å². The molecule has 1 heterocycles.